The van der Waals surface area contributed by atoms with Gasteiger partial charge in [-0.25, -0.2) is 4.98 Å². The van der Waals surface area contributed by atoms with Crippen molar-refractivity contribution in [3.63, 3.8) is 0 Å². The number of nitrogens with one attached hydrogen (secondary N) is 4. The van der Waals surface area contributed by atoms with Gasteiger partial charge in [0.1, 0.15) is 29.5 Å². The Morgan fingerprint density at radius 2 is 2.17 bits per heavy atom. The van der Waals surface area contributed by atoms with E-state index in [1.807, 2.05) is 14.0 Å². The minimum absolute atomic E-state index is 0.243. The van der Waals surface area contributed by atoms with Crippen molar-refractivity contribution in [1.82, 2.24) is 25.2 Å². The van der Waals surface area contributed by atoms with Crippen LogP contribution in [0.4, 0.5) is 11.6 Å². The fraction of sp³-hybridized carbons (Fsp3) is 0.421. The molecule has 1 unspecified atom stereocenters. The second-order valence-corrected chi connectivity index (χ2v) is 6.45. The summed E-state index contributed by atoms with van der Waals surface area (Å²) >= 11 is 0. The Balaban J connectivity index is 2.29. The zero-order valence-corrected chi connectivity index (χ0v) is 17.5. The van der Waals surface area contributed by atoms with E-state index >= 15 is 0 Å². The van der Waals surface area contributed by atoms with Crippen molar-refractivity contribution >= 4 is 35.7 Å². The molecule has 1 amide bonds. The predicted octanol–water partition coefficient (Wildman–Crippen LogP) is 0.371. The lowest BCUT2D eigenvalue weighted by Gasteiger charge is -2.11. The highest BCUT2D eigenvalue weighted by atomic mass is 16.1. The lowest BCUT2D eigenvalue weighted by atomic mass is 10.2. The molecule has 6 N–H and O–H groups in total. The number of rotatable bonds is 12. The van der Waals surface area contributed by atoms with Gasteiger partial charge in [-0.15, -0.1) is 0 Å². The zero-order valence-electron chi connectivity index (χ0n) is 17.5. The summed E-state index contributed by atoms with van der Waals surface area (Å²) < 4.78 is 1.55. The summed E-state index contributed by atoms with van der Waals surface area (Å²) in [4.78, 5) is 32.4. The van der Waals surface area contributed by atoms with Crippen LogP contribution in [0.15, 0.2) is 29.2 Å². The molecular weight excluding hydrogens is 386 g/mol. The number of aldehydes is 1. The first-order valence-corrected chi connectivity index (χ1v) is 9.74. The summed E-state index contributed by atoms with van der Waals surface area (Å²) in [5, 5.41) is 16.2. The number of amides is 1. The number of carbonyl (C=O) groups excluding carboxylic acids is 2. The topological polar surface area (TPSA) is 151 Å². The van der Waals surface area contributed by atoms with Crippen LogP contribution in [-0.2, 0) is 4.79 Å². The molecule has 0 radical (unpaired) electrons. The number of aliphatic imine (C=N–C) groups is 1. The van der Waals surface area contributed by atoms with Crippen molar-refractivity contribution in [1.29, 1.82) is 0 Å². The highest BCUT2D eigenvalue weighted by Gasteiger charge is 2.17. The van der Waals surface area contributed by atoms with Crippen molar-refractivity contribution in [3.05, 3.63) is 29.7 Å². The molecule has 0 spiro atoms. The van der Waals surface area contributed by atoms with Crippen LogP contribution in [0.1, 0.15) is 30.1 Å². The minimum atomic E-state index is -0.471. The van der Waals surface area contributed by atoms with Crippen molar-refractivity contribution in [2.24, 2.45) is 10.7 Å². The molecule has 0 aromatic carbocycles. The zero-order chi connectivity index (χ0) is 21.9. The van der Waals surface area contributed by atoms with Crippen molar-refractivity contribution in [2.75, 3.05) is 37.8 Å². The predicted molar refractivity (Wildman–Crippen MR) is 118 cm³/mol. The van der Waals surface area contributed by atoms with Crippen molar-refractivity contribution in [3.8, 4) is 0 Å². The monoisotopic (exact) mass is 415 g/mol. The molecule has 2 aromatic rings. The fourth-order valence-electron chi connectivity index (χ4n) is 2.61. The summed E-state index contributed by atoms with van der Waals surface area (Å²) in [6.45, 7) is 3.21. The van der Waals surface area contributed by atoms with Crippen LogP contribution in [0.3, 0.4) is 0 Å². The summed E-state index contributed by atoms with van der Waals surface area (Å²) in [6.07, 6.45) is 6.50. The SMILES string of the molecule is CCCNC(=O)c1cnn2c(NC)cc(N/C(C=NC(C=O)CCNC)=C/N)nc12. The summed E-state index contributed by atoms with van der Waals surface area (Å²) in [5.41, 5.74) is 6.92. The number of fused-ring (bicyclic) bond motifs is 1. The van der Waals surface area contributed by atoms with Gasteiger partial charge in [0.2, 0.25) is 0 Å². The molecule has 2 heterocycles. The molecule has 0 saturated heterocycles. The quantitative estimate of drug-likeness (QED) is 0.246. The number of nitrogens with two attached hydrogens (primary N) is 1. The first kappa shape index (κ1) is 22.8. The van der Waals surface area contributed by atoms with Crippen LogP contribution in [-0.4, -0.2) is 66.2 Å². The standard InChI is InChI=1S/C19H29N9O2/c1-4-6-23-19(30)15-11-25-28-17(22-3)8-16(27-18(15)28)26-14(9-20)10-24-13(12-29)5-7-21-2/h8-13,21-22H,4-7,20H2,1-3H3,(H,23,30)(H,26,27)/b14-9+,24-10?. The Kier molecular flexibility index (Phi) is 8.75. The van der Waals surface area contributed by atoms with E-state index in [1.165, 1.54) is 18.6 Å². The number of hydrogen-bond acceptors (Lipinski definition) is 9. The van der Waals surface area contributed by atoms with Crippen LogP contribution < -0.4 is 27.0 Å². The minimum Gasteiger partial charge on any atom is -0.403 e. The Hall–Kier alpha value is -3.47. The van der Waals surface area contributed by atoms with E-state index in [0.717, 1.165) is 12.7 Å². The Morgan fingerprint density at radius 3 is 2.80 bits per heavy atom. The number of nitrogens with zero attached hydrogens (tertiary/aromatic N) is 4. The Morgan fingerprint density at radius 1 is 1.37 bits per heavy atom. The Labute approximate surface area is 175 Å². The molecule has 30 heavy (non-hydrogen) atoms. The molecule has 0 aliphatic carbocycles. The van der Waals surface area contributed by atoms with Gasteiger partial charge in [-0.3, -0.25) is 9.79 Å². The molecule has 1 atom stereocenters. The van der Waals surface area contributed by atoms with E-state index in [4.69, 9.17) is 5.73 Å². The Bertz CT molecular complexity index is 920. The van der Waals surface area contributed by atoms with Gasteiger partial charge in [0.15, 0.2) is 5.65 Å². The van der Waals surface area contributed by atoms with E-state index in [0.29, 0.717) is 48.1 Å². The average Bonchev–Trinajstić information content (AvgIpc) is 3.20. The van der Waals surface area contributed by atoms with Gasteiger partial charge in [-0.05, 0) is 26.4 Å². The average molecular weight is 416 g/mol. The van der Waals surface area contributed by atoms with Crippen LogP contribution in [0.5, 0.6) is 0 Å². The smallest absolute Gasteiger partial charge is 0.256 e. The first-order valence-electron chi connectivity index (χ1n) is 9.74. The first-order chi connectivity index (χ1) is 14.6. The van der Waals surface area contributed by atoms with Gasteiger partial charge >= 0.3 is 0 Å². The number of hydrogen-bond donors (Lipinski definition) is 5. The third kappa shape index (κ3) is 5.77. The van der Waals surface area contributed by atoms with Gasteiger partial charge in [-0.2, -0.15) is 9.61 Å². The lowest BCUT2D eigenvalue weighted by Crippen LogP contribution is -2.24. The number of carbonyl (C=O) groups is 2. The fourth-order valence-corrected chi connectivity index (χ4v) is 2.61. The molecule has 0 aliphatic heterocycles. The van der Waals surface area contributed by atoms with E-state index in [-0.39, 0.29) is 5.91 Å². The molecule has 0 aliphatic rings. The lowest BCUT2D eigenvalue weighted by molar-refractivity contribution is -0.108. The van der Waals surface area contributed by atoms with Crippen molar-refractivity contribution < 1.29 is 9.59 Å². The molecular formula is C19H29N9O2. The molecule has 0 bridgehead atoms. The van der Waals surface area contributed by atoms with Gasteiger partial charge in [-0.1, -0.05) is 6.92 Å². The molecule has 2 rings (SSSR count). The van der Waals surface area contributed by atoms with Crippen molar-refractivity contribution in [2.45, 2.75) is 25.8 Å². The van der Waals surface area contributed by atoms with Crippen LogP contribution >= 0.6 is 0 Å². The number of anilines is 2. The maximum absolute atomic E-state index is 12.4. The summed E-state index contributed by atoms with van der Waals surface area (Å²) in [7, 11) is 3.56. The number of aromatic nitrogens is 3. The van der Waals surface area contributed by atoms with E-state index < -0.39 is 6.04 Å². The van der Waals surface area contributed by atoms with Gasteiger partial charge in [0.25, 0.3) is 5.91 Å². The van der Waals surface area contributed by atoms with E-state index in [1.54, 1.807) is 17.6 Å². The van der Waals surface area contributed by atoms with Gasteiger partial charge in [0.05, 0.1) is 11.9 Å². The van der Waals surface area contributed by atoms with E-state index in [9.17, 15) is 9.59 Å². The van der Waals surface area contributed by atoms with Crippen LogP contribution in [0.2, 0.25) is 0 Å². The largest absolute Gasteiger partial charge is 0.403 e. The third-order valence-corrected chi connectivity index (χ3v) is 4.21. The van der Waals surface area contributed by atoms with Gasteiger partial charge in [0, 0.05) is 32.1 Å². The highest BCUT2D eigenvalue weighted by molar-refractivity contribution is 6.00. The van der Waals surface area contributed by atoms with Crippen LogP contribution in [0, 0.1) is 0 Å². The second kappa shape index (κ2) is 11.5. The molecule has 162 valence electrons. The molecule has 0 fully saturated rings. The normalized spacial score (nSPS) is 12.8. The van der Waals surface area contributed by atoms with Crippen LogP contribution in [0.25, 0.3) is 5.65 Å². The molecule has 11 heteroatoms. The molecule has 11 nitrogen and oxygen atoms in total. The summed E-state index contributed by atoms with van der Waals surface area (Å²) in [6, 6.07) is 1.25. The molecule has 0 saturated carbocycles. The van der Waals surface area contributed by atoms with E-state index in [2.05, 4.69) is 36.3 Å². The maximum atomic E-state index is 12.4. The highest BCUT2D eigenvalue weighted by Crippen LogP contribution is 2.19. The van der Waals surface area contributed by atoms with Gasteiger partial charge < -0.3 is 31.8 Å². The molecule has 2 aromatic heterocycles. The summed E-state index contributed by atoms with van der Waals surface area (Å²) in [5.74, 6) is 0.830. The number of allylic oxidation sites excluding steroid dienone is 1. The third-order valence-electron chi connectivity index (χ3n) is 4.21. The second-order valence-electron chi connectivity index (χ2n) is 6.45. The maximum Gasteiger partial charge on any atom is 0.256 e.